The van der Waals surface area contributed by atoms with Crippen molar-refractivity contribution in [3.63, 3.8) is 0 Å². The number of hydrogen-bond acceptors (Lipinski definition) is 1. The van der Waals surface area contributed by atoms with E-state index in [4.69, 9.17) is 0 Å². The van der Waals surface area contributed by atoms with Gasteiger partial charge in [0.1, 0.15) is 0 Å². The summed E-state index contributed by atoms with van der Waals surface area (Å²) in [5.41, 5.74) is 1.53. The van der Waals surface area contributed by atoms with Crippen LogP contribution in [-0.2, 0) is 0 Å². The zero-order chi connectivity index (χ0) is 10.1. The molecule has 2 fully saturated rings. The van der Waals surface area contributed by atoms with Gasteiger partial charge in [-0.05, 0) is 44.2 Å². The Balaban J connectivity index is 1.85. The van der Waals surface area contributed by atoms with Gasteiger partial charge in [-0.2, -0.15) is 0 Å². The second-order valence-corrected chi connectivity index (χ2v) is 4.89. The number of benzene rings is 1. The van der Waals surface area contributed by atoms with Crippen molar-refractivity contribution in [2.24, 2.45) is 0 Å². The fourth-order valence-corrected chi connectivity index (χ4v) is 3.32. The Morgan fingerprint density at radius 1 is 0.933 bits per heavy atom. The smallest absolute Gasteiger partial charge is 0.0351 e. The highest BCUT2D eigenvalue weighted by Crippen LogP contribution is 2.38. The maximum Gasteiger partial charge on any atom is 0.0351 e. The molecule has 0 radical (unpaired) electrons. The van der Waals surface area contributed by atoms with Crippen molar-refractivity contribution in [2.45, 2.75) is 44.2 Å². The van der Waals surface area contributed by atoms with Crippen molar-refractivity contribution in [3.8, 4) is 0 Å². The van der Waals surface area contributed by atoms with Gasteiger partial charge in [0.15, 0.2) is 0 Å². The average Bonchev–Trinajstić information content (AvgIpc) is 2.78. The maximum atomic E-state index is 2.75. The Hall–Kier alpha value is -0.820. The van der Waals surface area contributed by atoms with Crippen LogP contribution in [-0.4, -0.2) is 17.5 Å². The molecule has 0 aromatic heterocycles. The molecule has 0 saturated carbocycles. The van der Waals surface area contributed by atoms with E-state index in [1.165, 1.54) is 44.2 Å². The van der Waals surface area contributed by atoms with E-state index in [0.717, 1.165) is 6.04 Å². The zero-order valence-corrected chi connectivity index (χ0v) is 9.23. The van der Waals surface area contributed by atoms with Crippen molar-refractivity contribution in [3.05, 3.63) is 35.9 Å². The molecule has 1 aromatic carbocycles. The molecular formula is C14H19N. The number of fused-ring (bicyclic) bond motifs is 1. The van der Waals surface area contributed by atoms with E-state index in [1.54, 1.807) is 0 Å². The predicted molar refractivity (Wildman–Crippen MR) is 62.8 cm³/mol. The lowest BCUT2D eigenvalue weighted by Gasteiger charge is -2.38. The van der Waals surface area contributed by atoms with Crippen LogP contribution >= 0.6 is 0 Å². The molecular weight excluding hydrogens is 182 g/mol. The summed E-state index contributed by atoms with van der Waals surface area (Å²) in [5, 5.41) is 0. The van der Waals surface area contributed by atoms with Gasteiger partial charge in [0.25, 0.3) is 0 Å². The molecule has 2 unspecified atom stereocenters. The van der Waals surface area contributed by atoms with Crippen LogP contribution in [0.15, 0.2) is 30.3 Å². The van der Waals surface area contributed by atoms with Crippen molar-refractivity contribution >= 4 is 0 Å². The predicted octanol–water partition coefficient (Wildman–Crippen LogP) is 3.38. The van der Waals surface area contributed by atoms with Gasteiger partial charge in [-0.25, -0.2) is 0 Å². The van der Waals surface area contributed by atoms with Crippen LogP contribution in [0.4, 0.5) is 0 Å². The highest BCUT2D eigenvalue weighted by Gasteiger charge is 2.34. The molecule has 3 rings (SSSR count). The van der Waals surface area contributed by atoms with Crippen LogP contribution < -0.4 is 0 Å². The molecule has 0 N–H and O–H groups in total. The van der Waals surface area contributed by atoms with Crippen LogP contribution in [0.1, 0.15) is 43.7 Å². The third kappa shape index (κ3) is 1.69. The van der Waals surface area contributed by atoms with Crippen molar-refractivity contribution in [2.75, 3.05) is 6.54 Å². The summed E-state index contributed by atoms with van der Waals surface area (Å²) in [5.74, 6) is 0. The zero-order valence-electron chi connectivity index (χ0n) is 9.23. The minimum absolute atomic E-state index is 0.715. The SMILES string of the molecule is c1ccc(C2CCCC3CCCN32)cc1. The lowest BCUT2D eigenvalue weighted by Crippen LogP contribution is -2.37. The van der Waals surface area contributed by atoms with Crippen molar-refractivity contribution in [1.29, 1.82) is 0 Å². The van der Waals surface area contributed by atoms with Crippen molar-refractivity contribution < 1.29 is 0 Å². The molecule has 0 spiro atoms. The van der Waals surface area contributed by atoms with Crippen LogP contribution in [0.5, 0.6) is 0 Å². The van der Waals surface area contributed by atoms with Gasteiger partial charge in [-0.3, -0.25) is 4.90 Å². The summed E-state index contributed by atoms with van der Waals surface area (Å²) in [4.78, 5) is 2.75. The molecule has 1 heteroatoms. The summed E-state index contributed by atoms with van der Waals surface area (Å²) in [6.45, 7) is 1.32. The summed E-state index contributed by atoms with van der Waals surface area (Å²) in [6.07, 6.45) is 7.06. The standard InChI is InChI=1S/C14H19N/c1-2-6-12(7-3-1)14-10-4-8-13-9-5-11-15(13)14/h1-3,6-7,13-14H,4-5,8-11H2. The van der Waals surface area contributed by atoms with Gasteiger partial charge >= 0.3 is 0 Å². The minimum atomic E-state index is 0.715. The first-order valence-electron chi connectivity index (χ1n) is 6.26. The second kappa shape index (κ2) is 3.97. The molecule has 1 aromatic rings. The average molecular weight is 201 g/mol. The number of hydrogen-bond donors (Lipinski definition) is 0. The molecule has 1 nitrogen and oxygen atoms in total. The first-order chi connectivity index (χ1) is 7.45. The first-order valence-corrected chi connectivity index (χ1v) is 6.26. The largest absolute Gasteiger partial charge is 0.293 e. The molecule has 2 aliphatic heterocycles. The summed E-state index contributed by atoms with van der Waals surface area (Å²) in [7, 11) is 0. The monoisotopic (exact) mass is 201 g/mol. The Morgan fingerprint density at radius 2 is 1.73 bits per heavy atom. The molecule has 2 aliphatic rings. The summed E-state index contributed by atoms with van der Waals surface area (Å²) in [6, 6.07) is 12.7. The van der Waals surface area contributed by atoms with E-state index in [2.05, 4.69) is 35.2 Å². The molecule has 2 saturated heterocycles. The number of piperidine rings is 1. The van der Waals surface area contributed by atoms with E-state index in [-0.39, 0.29) is 0 Å². The molecule has 2 heterocycles. The maximum absolute atomic E-state index is 2.75. The van der Waals surface area contributed by atoms with Gasteiger partial charge in [0, 0.05) is 12.1 Å². The Kier molecular flexibility index (Phi) is 2.49. The van der Waals surface area contributed by atoms with Gasteiger partial charge in [-0.1, -0.05) is 30.3 Å². The van der Waals surface area contributed by atoms with Gasteiger partial charge in [-0.15, -0.1) is 0 Å². The summed E-state index contributed by atoms with van der Waals surface area (Å²) < 4.78 is 0. The summed E-state index contributed by atoms with van der Waals surface area (Å²) >= 11 is 0. The molecule has 0 amide bonds. The second-order valence-electron chi connectivity index (χ2n) is 4.89. The van der Waals surface area contributed by atoms with Crippen LogP contribution in [0.2, 0.25) is 0 Å². The fraction of sp³-hybridized carbons (Fsp3) is 0.571. The molecule has 2 atom stereocenters. The first kappa shape index (κ1) is 9.41. The Morgan fingerprint density at radius 3 is 2.60 bits per heavy atom. The highest BCUT2D eigenvalue weighted by molar-refractivity contribution is 5.20. The van der Waals surface area contributed by atoms with E-state index in [9.17, 15) is 0 Å². The quantitative estimate of drug-likeness (QED) is 0.673. The molecule has 15 heavy (non-hydrogen) atoms. The van der Waals surface area contributed by atoms with Gasteiger partial charge in [0.2, 0.25) is 0 Å². The minimum Gasteiger partial charge on any atom is -0.293 e. The normalized spacial score (nSPS) is 31.5. The van der Waals surface area contributed by atoms with E-state index in [1.807, 2.05) is 0 Å². The van der Waals surface area contributed by atoms with Crippen molar-refractivity contribution in [1.82, 2.24) is 4.90 Å². The van der Waals surface area contributed by atoms with E-state index in [0.29, 0.717) is 6.04 Å². The Bertz CT molecular complexity index is 319. The molecule has 0 bridgehead atoms. The highest BCUT2D eigenvalue weighted by atomic mass is 15.2. The topological polar surface area (TPSA) is 3.24 Å². The van der Waals surface area contributed by atoms with Crippen LogP contribution in [0.3, 0.4) is 0 Å². The van der Waals surface area contributed by atoms with E-state index >= 15 is 0 Å². The number of rotatable bonds is 1. The third-order valence-electron chi connectivity index (χ3n) is 4.02. The molecule has 0 aliphatic carbocycles. The molecule has 80 valence electrons. The van der Waals surface area contributed by atoms with Gasteiger partial charge < -0.3 is 0 Å². The van der Waals surface area contributed by atoms with Gasteiger partial charge in [0.05, 0.1) is 0 Å². The fourth-order valence-electron chi connectivity index (χ4n) is 3.32. The van der Waals surface area contributed by atoms with E-state index < -0.39 is 0 Å². The lowest BCUT2D eigenvalue weighted by atomic mass is 9.92. The number of nitrogens with zero attached hydrogens (tertiary/aromatic N) is 1. The third-order valence-corrected chi connectivity index (χ3v) is 4.02. The Labute approximate surface area is 92.1 Å². The van der Waals surface area contributed by atoms with Crippen LogP contribution in [0.25, 0.3) is 0 Å². The van der Waals surface area contributed by atoms with Crippen LogP contribution in [0, 0.1) is 0 Å². The lowest BCUT2D eigenvalue weighted by molar-refractivity contribution is 0.123.